The Morgan fingerprint density at radius 2 is 1.80 bits per heavy atom. The van der Waals surface area contributed by atoms with Crippen LogP contribution in [0.1, 0.15) is 38.0 Å². The maximum Gasteiger partial charge on any atom is 0.242 e. The summed E-state index contributed by atoms with van der Waals surface area (Å²) in [5.41, 5.74) is 0.126. The molecule has 2 rings (SSSR count). The topological polar surface area (TPSA) is 117 Å². The van der Waals surface area contributed by atoms with Crippen molar-refractivity contribution < 1.29 is 22.3 Å². The van der Waals surface area contributed by atoms with Crippen LogP contribution in [0.5, 0.6) is 0 Å². The monoisotopic (exact) mass is 461 g/mol. The molecule has 166 valence electrons. The quantitative estimate of drug-likeness (QED) is 0.462. The first-order chi connectivity index (χ1) is 14.0. The second-order valence-electron chi connectivity index (χ2n) is 7.22. The molecule has 8 nitrogen and oxygen atoms in total. The average molecular weight is 462 g/mol. The Bertz CT molecular complexity index is 976. The van der Waals surface area contributed by atoms with Gasteiger partial charge in [0.15, 0.2) is 5.16 Å². The van der Waals surface area contributed by atoms with Crippen molar-refractivity contribution in [1.29, 1.82) is 0 Å². The molecule has 0 amide bonds. The van der Waals surface area contributed by atoms with E-state index in [1.807, 2.05) is 13.8 Å². The Kier molecular flexibility index (Phi) is 8.33. The summed E-state index contributed by atoms with van der Waals surface area (Å²) in [5, 5.41) is 12.1. The molecule has 1 aromatic heterocycles. The fourth-order valence-corrected chi connectivity index (χ4v) is 3.99. The molecule has 0 bridgehead atoms. The third-order valence-corrected chi connectivity index (χ3v) is 5.43. The van der Waals surface area contributed by atoms with Gasteiger partial charge in [-0.15, -0.1) is 0 Å². The number of anilines is 2. The zero-order chi connectivity index (χ0) is 22.5. The van der Waals surface area contributed by atoms with E-state index < -0.39 is 26.9 Å². The van der Waals surface area contributed by atoms with Crippen LogP contribution in [-0.2, 0) is 10.0 Å². The first kappa shape index (κ1) is 24.2. The van der Waals surface area contributed by atoms with Crippen molar-refractivity contribution in [1.82, 2.24) is 15.0 Å². The second kappa shape index (κ2) is 10.3. The number of thioether (sulfide) groups is 1. The fourth-order valence-electron chi connectivity index (χ4n) is 2.66. The van der Waals surface area contributed by atoms with Gasteiger partial charge in [0, 0.05) is 10.8 Å². The van der Waals surface area contributed by atoms with E-state index >= 15 is 0 Å². The summed E-state index contributed by atoms with van der Waals surface area (Å²) in [4.78, 5) is 12.3. The molecule has 0 fully saturated rings. The number of aliphatic hydroxyl groups excluding tert-OH is 1. The molecule has 0 spiro atoms. The average Bonchev–Trinajstić information content (AvgIpc) is 2.61. The van der Waals surface area contributed by atoms with E-state index in [4.69, 9.17) is 0 Å². The molecule has 2 atom stereocenters. The van der Waals surface area contributed by atoms with E-state index in [0.29, 0.717) is 6.42 Å². The van der Waals surface area contributed by atoms with Crippen molar-refractivity contribution >= 4 is 33.7 Å². The lowest BCUT2D eigenvalue weighted by atomic mass is 10.0. The molecule has 0 unspecified atom stereocenters. The number of aliphatic hydroxyl groups is 1. The highest BCUT2D eigenvalue weighted by Gasteiger charge is 2.19. The number of nitrogens with one attached hydrogen (secondary N) is 2. The lowest BCUT2D eigenvalue weighted by Crippen LogP contribution is -2.27. The molecule has 0 saturated carbocycles. The van der Waals surface area contributed by atoms with Crippen LogP contribution in [-0.4, -0.2) is 47.4 Å². The number of halogens is 2. The third kappa shape index (κ3) is 7.65. The Labute approximate surface area is 179 Å². The standard InChI is InChI=1S/C18H25F2N5O3S2/c1-10(2)7-13(9-26)21-16-22-17(25-30(4,27)28)24-18(23-16)29-11(3)14-8-12(19)5-6-15(14)20/h5-6,8,10-11,13,26H,7,9H2,1-4H3,(H2,21,22,23,24,25)/t11-,13-/m1/s1. The van der Waals surface area contributed by atoms with Gasteiger partial charge in [-0.2, -0.15) is 15.0 Å². The zero-order valence-electron chi connectivity index (χ0n) is 17.1. The number of aromatic nitrogens is 3. The van der Waals surface area contributed by atoms with Crippen molar-refractivity contribution in [2.45, 2.75) is 43.6 Å². The van der Waals surface area contributed by atoms with Crippen LogP contribution in [0.25, 0.3) is 0 Å². The first-order valence-corrected chi connectivity index (χ1v) is 12.0. The number of benzene rings is 1. The molecule has 1 heterocycles. The highest BCUT2D eigenvalue weighted by atomic mass is 32.2. The zero-order valence-corrected chi connectivity index (χ0v) is 18.7. The summed E-state index contributed by atoms with van der Waals surface area (Å²) in [6.07, 6.45) is 1.58. The van der Waals surface area contributed by atoms with Crippen molar-refractivity contribution in [3.63, 3.8) is 0 Å². The molecule has 1 aromatic carbocycles. The van der Waals surface area contributed by atoms with Crippen LogP contribution >= 0.6 is 11.8 Å². The number of hydrogen-bond acceptors (Lipinski definition) is 8. The van der Waals surface area contributed by atoms with Gasteiger partial charge in [-0.1, -0.05) is 25.6 Å². The molecular weight excluding hydrogens is 436 g/mol. The number of hydrogen-bond donors (Lipinski definition) is 3. The van der Waals surface area contributed by atoms with Crippen molar-refractivity contribution in [2.24, 2.45) is 5.92 Å². The lowest BCUT2D eigenvalue weighted by molar-refractivity contribution is 0.259. The van der Waals surface area contributed by atoms with Gasteiger partial charge in [0.25, 0.3) is 0 Å². The third-order valence-electron chi connectivity index (χ3n) is 3.88. The predicted octanol–water partition coefficient (Wildman–Crippen LogP) is 3.19. The van der Waals surface area contributed by atoms with Gasteiger partial charge in [-0.3, -0.25) is 4.72 Å². The van der Waals surface area contributed by atoms with E-state index in [1.165, 1.54) is 0 Å². The number of rotatable bonds is 10. The van der Waals surface area contributed by atoms with Gasteiger partial charge in [0.2, 0.25) is 21.9 Å². The highest BCUT2D eigenvalue weighted by molar-refractivity contribution is 7.99. The number of nitrogens with zero attached hydrogens (tertiary/aromatic N) is 3. The minimum atomic E-state index is -3.66. The summed E-state index contributed by atoms with van der Waals surface area (Å²) in [6.45, 7) is 5.46. The molecule has 12 heteroatoms. The Morgan fingerprint density at radius 3 is 2.40 bits per heavy atom. The van der Waals surface area contributed by atoms with Gasteiger partial charge in [0.05, 0.1) is 18.9 Å². The second-order valence-corrected chi connectivity index (χ2v) is 10.3. The predicted molar refractivity (Wildman–Crippen MR) is 113 cm³/mol. The van der Waals surface area contributed by atoms with Crippen LogP contribution in [0.4, 0.5) is 20.7 Å². The fraction of sp³-hybridized carbons (Fsp3) is 0.500. The highest BCUT2D eigenvalue weighted by Crippen LogP contribution is 2.35. The normalized spacial score (nSPS) is 13.9. The Balaban J connectivity index is 2.34. The summed E-state index contributed by atoms with van der Waals surface area (Å²) in [6, 6.07) is 2.80. The lowest BCUT2D eigenvalue weighted by Gasteiger charge is -2.19. The summed E-state index contributed by atoms with van der Waals surface area (Å²) < 4.78 is 53.0. The minimum absolute atomic E-state index is 0.0604. The van der Waals surface area contributed by atoms with Crippen molar-refractivity contribution in [2.75, 3.05) is 22.9 Å². The van der Waals surface area contributed by atoms with Crippen LogP contribution in [0.2, 0.25) is 0 Å². The Hall–Kier alpha value is -2.05. The van der Waals surface area contributed by atoms with Gasteiger partial charge >= 0.3 is 0 Å². The molecule has 2 aromatic rings. The smallest absolute Gasteiger partial charge is 0.242 e. The maximum absolute atomic E-state index is 14.1. The van der Waals surface area contributed by atoms with E-state index in [-0.39, 0.29) is 41.2 Å². The van der Waals surface area contributed by atoms with E-state index in [1.54, 1.807) is 6.92 Å². The van der Waals surface area contributed by atoms with Crippen molar-refractivity contribution in [3.05, 3.63) is 35.4 Å². The molecule has 30 heavy (non-hydrogen) atoms. The molecule has 0 radical (unpaired) electrons. The molecule has 0 saturated heterocycles. The van der Waals surface area contributed by atoms with Crippen LogP contribution < -0.4 is 10.0 Å². The molecule has 0 aliphatic rings. The molecule has 3 N–H and O–H groups in total. The van der Waals surface area contributed by atoms with Gasteiger partial charge in [0.1, 0.15) is 11.6 Å². The largest absolute Gasteiger partial charge is 0.394 e. The van der Waals surface area contributed by atoms with Gasteiger partial charge in [-0.05, 0) is 37.5 Å². The maximum atomic E-state index is 14.1. The molecule has 0 aliphatic heterocycles. The van der Waals surface area contributed by atoms with Crippen molar-refractivity contribution in [3.8, 4) is 0 Å². The summed E-state index contributed by atoms with van der Waals surface area (Å²) in [5.74, 6) is -1.02. The summed E-state index contributed by atoms with van der Waals surface area (Å²) >= 11 is 1.02. The van der Waals surface area contributed by atoms with E-state index in [2.05, 4.69) is 25.0 Å². The SMILES string of the molecule is CC(C)C[C@H](CO)Nc1nc(NS(C)(=O)=O)nc(S[C@H](C)c2cc(F)ccc2F)n1. The minimum Gasteiger partial charge on any atom is -0.394 e. The van der Waals surface area contributed by atoms with Crippen LogP contribution in [0.3, 0.4) is 0 Å². The van der Waals surface area contributed by atoms with Crippen LogP contribution in [0, 0.1) is 17.6 Å². The van der Waals surface area contributed by atoms with E-state index in [9.17, 15) is 22.3 Å². The molecule has 0 aliphatic carbocycles. The van der Waals surface area contributed by atoms with Gasteiger partial charge < -0.3 is 10.4 Å². The summed E-state index contributed by atoms with van der Waals surface area (Å²) in [7, 11) is -3.66. The van der Waals surface area contributed by atoms with Gasteiger partial charge in [-0.25, -0.2) is 17.2 Å². The van der Waals surface area contributed by atoms with E-state index in [0.717, 1.165) is 36.2 Å². The molecular formula is C18H25F2N5O3S2. The number of sulfonamides is 1. The first-order valence-electron chi connectivity index (χ1n) is 9.19. The van der Waals surface area contributed by atoms with Crippen LogP contribution in [0.15, 0.2) is 23.4 Å². The Morgan fingerprint density at radius 1 is 1.13 bits per heavy atom.